The zero-order valence-electron chi connectivity index (χ0n) is 21.8. The minimum absolute atomic E-state index is 0.0525. The smallest absolute Gasteiger partial charge is 0.347 e. The van der Waals surface area contributed by atoms with Crippen LogP contribution in [0.25, 0.3) is 44.7 Å². The summed E-state index contributed by atoms with van der Waals surface area (Å²) < 4.78 is 21.5. The first kappa shape index (κ1) is 26.5. The molecule has 2 heterocycles. The van der Waals surface area contributed by atoms with E-state index in [9.17, 15) is 19.2 Å². The van der Waals surface area contributed by atoms with Gasteiger partial charge >= 0.3 is 23.2 Å². The molecule has 10 nitrogen and oxygen atoms in total. The summed E-state index contributed by atoms with van der Waals surface area (Å²) in [5.74, 6) is -0.208. The maximum Gasteiger partial charge on any atom is 0.347 e. The Morgan fingerprint density at radius 1 is 0.675 bits per heavy atom. The predicted molar refractivity (Wildman–Crippen MR) is 146 cm³/mol. The second kappa shape index (κ2) is 11.3. The van der Waals surface area contributed by atoms with Crippen LogP contribution in [0.3, 0.4) is 0 Å². The van der Waals surface area contributed by atoms with E-state index in [1.807, 2.05) is 13.8 Å². The van der Waals surface area contributed by atoms with Crippen molar-refractivity contribution in [3.63, 3.8) is 0 Å². The highest BCUT2D eigenvalue weighted by Crippen LogP contribution is 2.27. The molecule has 0 saturated carbocycles. The molecule has 0 amide bonds. The predicted octanol–water partition coefficient (Wildman–Crippen LogP) is 5.43. The summed E-state index contributed by atoms with van der Waals surface area (Å²) in [4.78, 5) is 58.0. The van der Waals surface area contributed by atoms with E-state index in [4.69, 9.17) is 18.3 Å². The molecule has 0 spiro atoms. The Morgan fingerprint density at radius 3 is 1.55 bits per heavy atom. The molecule has 0 atom stereocenters. The second-order valence-corrected chi connectivity index (χ2v) is 9.00. The highest BCUT2D eigenvalue weighted by atomic mass is 16.5. The zero-order valence-corrected chi connectivity index (χ0v) is 21.8. The van der Waals surface area contributed by atoms with Gasteiger partial charge in [-0.15, -0.1) is 0 Å². The number of ether oxygens (including phenoxy) is 2. The molecule has 2 aromatic heterocycles. The number of hydrogen-bond donors (Lipinski definition) is 0. The van der Waals surface area contributed by atoms with E-state index in [2.05, 4.69) is 9.97 Å². The molecule has 0 N–H and O–H groups in total. The van der Waals surface area contributed by atoms with Crippen LogP contribution in [0.1, 0.15) is 39.5 Å². The molecular weight excluding hydrogens is 516 g/mol. The standard InChI is InChI=1S/C30H24N2O8/c1-3-6-25(33)37-19-10-12-23-21(15-19)29(35)39-27(31-23)17-8-5-9-18(14-17)28-32-24-13-11-20(38-26(34)7-4-2)16-22(24)30(36)40-28/h5,8-16H,3-4,6-7H2,1-2H3. The van der Waals surface area contributed by atoms with Gasteiger partial charge < -0.3 is 18.3 Å². The van der Waals surface area contributed by atoms with Gasteiger partial charge in [0.2, 0.25) is 11.8 Å². The van der Waals surface area contributed by atoms with Crippen LogP contribution < -0.4 is 20.7 Å². The molecule has 0 bridgehead atoms. The molecule has 5 aromatic rings. The van der Waals surface area contributed by atoms with Crippen LogP contribution in [0.15, 0.2) is 79.1 Å². The fourth-order valence-corrected chi connectivity index (χ4v) is 4.03. The van der Waals surface area contributed by atoms with Crippen LogP contribution in [0, 0.1) is 0 Å². The number of aromatic nitrogens is 2. The average molecular weight is 541 g/mol. The summed E-state index contributed by atoms with van der Waals surface area (Å²) in [6.45, 7) is 3.73. The third kappa shape index (κ3) is 5.65. The highest BCUT2D eigenvalue weighted by Gasteiger charge is 2.15. The minimum Gasteiger partial charge on any atom is -0.427 e. The molecule has 5 rings (SSSR count). The molecule has 0 saturated heterocycles. The van der Waals surface area contributed by atoms with Crippen LogP contribution in [0.5, 0.6) is 11.5 Å². The normalized spacial score (nSPS) is 11.1. The number of esters is 2. The van der Waals surface area contributed by atoms with Crippen molar-refractivity contribution >= 4 is 33.7 Å². The van der Waals surface area contributed by atoms with Crippen LogP contribution in [0.2, 0.25) is 0 Å². The van der Waals surface area contributed by atoms with Crippen LogP contribution in [-0.4, -0.2) is 21.9 Å². The number of hydrogen-bond acceptors (Lipinski definition) is 10. The molecule has 0 unspecified atom stereocenters. The maximum absolute atomic E-state index is 12.8. The third-order valence-corrected chi connectivity index (χ3v) is 5.93. The van der Waals surface area contributed by atoms with Gasteiger partial charge in [-0.05, 0) is 67.4 Å². The number of fused-ring (bicyclic) bond motifs is 2. The van der Waals surface area contributed by atoms with Gasteiger partial charge in [0, 0.05) is 24.0 Å². The lowest BCUT2D eigenvalue weighted by Gasteiger charge is -2.07. The summed E-state index contributed by atoms with van der Waals surface area (Å²) >= 11 is 0. The van der Waals surface area contributed by atoms with Gasteiger partial charge in [-0.3, -0.25) is 9.59 Å². The fraction of sp³-hybridized carbons (Fsp3) is 0.200. The monoisotopic (exact) mass is 540 g/mol. The quantitative estimate of drug-likeness (QED) is 0.185. The van der Waals surface area contributed by atoms with Crippen molar-refractivity contribution in [3.05, 3.63) is 81.5 Å². The van der Waals surface area contributed by atoms with Crippen LogP contribution in [0.4, 0.5) is 0 Å². The van der Waals surface area contributed by atoms with Gasteiger partial charge in [0.1, 0.15) is 11.5 Å². The molecule has 0 radical (unpaired) electrons. The molecule has 0 aliphatic carbocycles. The number of carbonyl (C=O) groups excluding carboxylic acids is 2. The first-order valence-electron chi connectivity index (χ1n) is 12.8. The fourth-order valence-electron chi connectivity index (χ4n) is 4.03. The topological polar surface area (TPSA) is 139 Å². The first-order chi connectivity index (χ1) is 19.3. The summed E-state index contributed by atoms with van der Waals surface area (Å²) in [5.41, 5.74) is 0.333. The second-order valence-electron chi connectivity index (χ2n) is 9.00. The number of benzene rings is 3. The number of rotatable bonds is 8. The van der Waals surface area contributed by atoms with E-state index < -0.39 is 23.2 Å². The summed E-state index contributed by atoms with van der Waals surface area (Å²) in [6, 6.07) is 15.8. The molecule has 10 heteroatoms. The van der Waals surface area contributed by atoms with Gasteiger partial charge in [-0.2, -0.15) is 0 Å². The lowest BCUT2D eigenvalue weighted by Crippen LogP contribution is -2.08. The van der Waals surface area contributed by atoms with Crippen molar-refractivity contribution in [1.29, 1.82) is 0 Å². The van der Waals surface area contributed by atoms with E-state index in [1.165, 1.54) is 12.1 Å². The Morgan fingerprint density at radius 2 is 1.12 bits per heavy atom. The average Bonchev–Trinajstić information content (AvgIpc) is 2.94. The SMILES string of the molecule is CCCC(=O)Oc1ccc2nc(-c3cccc(-c4nc5ccc(OC(=O)CCC)cc5c(=O)o4)c3)oc(=O)c2c1. The van der Waals surface area contributed by atoms with Crippen LogP contribution >= 0.6 is 0 Å². The number of carbonyl (C=O) groups is 2. The minimum atomic E-state index is -0.649. The van der Waals surface area contributed by atoms with Crippen molar-refractivity contribution in [2.75, 3.05) is 0 Å². The van der Waals surface area contributed by atoms with E-state index in [0.717, 1.165) is 0 Å². The number of nitrogens with zero attached hydrogens (tertiary/aromatic N) is 2. The molecule has 0 fully saturated rings. The van der Waals surface area contributed by atoms with Gasteiger partial charge in [-0.1, -0.05) is 19.9 Å². The Labute approximate surface area is 227 Å². The highest BCUT2D eigenvalue weighted by molar-refractivity contribution is 5.83. The zero-order chi connectivity index (χ0) is 28.2. The van der Waals surface area contributed by atoms with E-state index in [0.29, 0.717) is 35.0 Å². The van der Waals surface area contributed by atoms with Crippen molar-refractivity contribution in [2.45, 2.75) is 39.5 Å². The van der Waals surface area contributed by atoms with E-state index in [-0.39, 0.29) is 46.9 Å². The Kier molecular flexibility index (Phi) is 7.50. The molecule has 40 heavy (non-hydrogen) atoms. The Balaban J connectivity index is 1.46. The molecule has 0 aliphatic rings. The summed E-state index contributed by atoms with van der Waals surface area (Å²) in [5, 5.41) is 0.340. The summed E-state index contributed by atoms with van der Waals surface area (Å²) in [7, 11) is 0. The molecule has 0 aliphatic heterocycles. The largest absolute Gasteiger partial charge is 0.427 e. The lowest BCUT2D eigenvalue weighted by atomic mass is 10.1. The van der Waals surface area contributed by atoms with Crippen molar-refractivity contribution in [3.8, 4) is 34.4 Å². The first-order valence-corrected chi connectivity index (χ1v) is 12.8. The van der Waals surface area contributed by atoms with E-state index >= 15 is 0 Å². The van der Waals surface area contributed by atoms with Crippen molar-refractivity contribution in [2.24, 2.45) is 0 Å². The Hall–Kier alpha value is -5.12. The molecular formula is C30H24N2O8. The third-order valence-electron chi connectivity index (χ3n) is 5.93. The van der Waals surface area contributed by atoms with Crippen molar-refractivity contribution < 1.29 is 27.9 Å². The van der Waals surface area contributed by atoms with Gasteiger partial charge in [0.05, 0.1) is 21.8 Å². The van der Waals surface area contributed by atoms with Crippen LogP contribution in [-0.2, 0) is 9.59 Å². The Bertz CT molecular complexity index is 1740. The summed E-state index contributed by atoms with van der Waals surface area (Å²) in [6.07, 6.45) is 1.82. The van der Waals surface area contributed by atoms with Gasteiger partial charge in [0.15, 0.2) is 0 Å². The maximum atomic E-state index is 12.8. The van der Waals surface area contributed by atoms with Crippen molar-refractivity contribution in [1.82, 2.24) is 9.97 Å². The van der Waals surface area contributed by atoms with E-state index in [1.54, 1.807) is 48.5 Å². The lowest BCUT2D eigenvalue weighted by molar-refractivity contribution is -0.135. The molecule has 202 valence electrons. The van der Waals surface area contributed by atoms with Gasteiger partial charge in [0.25, 0.3) is 0 Å². The molecule has 3 aromatic carbocycles. The van der Waals surface area contributed by atoms with Gasteiger partial charge in [-0.25, -0.2) is 19.6 Å².